The lowest BCUT2D eigenvalue weighted by atomic mass is 10.2. The molecule has 3 N–H and O–H groups in total. The molecule has 1 heterocycles. The van der Waals surface area contributed by atoms with Crippen LogP contribution in [0.5, 0.6) is 11.5 Å². The monoisotopic (exact) mass is 499 g/mol. The Balaban J connectivity index is 1.66. The summed E-state index contributed by atoms with van der Waals surface area (Å²) in [5.41, 5.74) is 1.02. The van der Waals surface area contributed by atoms with Crippen LogP contribution in [0, 0.1) is 0 Å². The molecule has 3 aromatic rings. The number of rotatable bonds is 12. The molecule has 0 spiro atoms. The summed E-state index contributed by atoms with van der Waals surface area (Å²) in [6, 6.07) is 13.1. The van der Waals surface area contributed by atoms with Crippen molar-refractivity contribution in [2.45, 2.75) is 31.6 Å². The number of amides is 2. The number of nitrogens with zero attached hydrogens (tertiary/aromatic N) is 3. The summed E-state index contributed by atoms with van der Waals surface area (Å²) < 4.78 is 12.4. The molecule has 0 aliphatic heterocycles. The minimum atomic E-state index is -0.765. The number of carbonyl (C=O) groups is 2. The fraction of sp³-hybridized carbons (Fsp3) is 0.333. The van der Waals surface area contributed by atoms with Crippen LogP contribution in [0.15, 0.2) is 53.7 Å². The van der Waals surface area contributed by atoms with E-state index in [-0.39, 0.29) is 24.2 Å². The highest BCUT2D eigenvalue weighted by Crippen LogP contribution is 2.25. The first-order valence-electron chi connectivity index (χ1n) is 11.1. The second-order valence-corrected chi connectivity index (χ2v) is 8.23. The zero-order valence-electron chi connectivity index (χ0n) is 19.9. The highest BCUT2D eigenvalue weighted by atomic mass is 32.2. The van der Waals surface area contributed by atoms with Crippen LogP contribution >= 0.6 is 11.8 Å². The number of methoxy groups -OCH3 is 1. The number of aromatic nitrogens is 3. The average Bonchev–Trinajstić information content (AvgIpc) is 3.30. The zero-order valence-corrected chi connectivity index (χ0v) is 20.7. The van der Waals surface area contributed by atoms with Gasteiger partial charge in [0.1, 0.15) is 17.5 Å². The third kappa shape index (κ3) is 6.74. The fourth-order valence-electron chi connectivity index (χ4n) is 3.31. The second-order valence-electron chi connectivity index (χ2n) is 7.29. The van der Waals surface area contributed by atoms with Gasteiger partial charge in [-0.2, -0.15) is 0 Å². The van der Waals surface area contributed by atoms with Gasteiger partial charge in [-0.25, -0.2) is 0 Å². The number of aliphatic hydroxyl groups excluding tert-OH is 1. The number of benzene rings is 2. The molecule has 3 rings (SSSR count). The number of para-hydroxylation sites is 2. The Labute approximate surface area is 208 Å². The molecule has 0 bridgehead atoms. The van der Waals surface area contributed by atoms with E-state index in [4.69, 9.17) is 9.47 Å². The van der Waals surface area contributed by atoms with Gasteiger partial charge in [-0.05, 0) is 50.2 Å². The van der Waals surface area contributed by atoms with Crippen molar-refractivity contribution in [3.8, 4) is 11.5 Å². The molecule has 186 valence electrons. The molecular weight excluding hydrogens is 470 g/mol. The highest BCUT2D eigenvalue weighted by molar-refractivity contribution is 7.99. The smallest absolute Gasteiger partial charge is 0.251 e. The van der Waals surface area contributed by atoms with Crippen LogP contribution in [0.3, 0.4) is 0 Å². The summed E-state index contributed by atoms with van der Waals surface area (Å²) in [4.78, 5) is 25.2. The maximum atomic E-state index is 12.7. The first-order chi connectivity index (χ1) is 17.0. The van der Waals surface area contributed by atoms with Crippen LogP contribution in [0.4, 0.5) is 5.69 Å². The summed E-state index contributed by atoms with van der Waals surface area (Å²) in [5.74, 6) is 1.16. The SMILES string of the molecule is CCOc1ccccc1NC(=O)CSc1nnc([C@H](CO)NC(=O)c2ccc(OC)cc2)n1CC. The number of anilines is 1. The van der Waals surface area contributed by atoms with Crippen molar-refractivity contribution in [3.05, 3.63) is 59.9 Å². The van der Waals surface area contributed by atoms with Crippen molar-refractivity contribution >= 4 is 29.3 Å². The molecule has 0 aliphatic rings. The van der Waals surface area contributed by atoms with Gasteiger partial charge in [0, 0.05) is 12.1 Å². The number of thioether (sulfide) groups is 1. The van der Waals surface area contributed by atoms with Gasteiger partial charge in [-0.3, -0.25) is 9.59 Å². The van der Waals surface area contributed by atoms with Gasteiger partial charge in [-0.15, -0.1) is 10.2 Å². The van der Waals surface area contributed by atoms with Gasteiger partial charge in [0.2, 0.25) is 5.91 Å². The molecule has 0 fully saturated rings. The summed E-state index contributed by atoms with van der Waals surface area (Å²) in [6.45, 7) is 4.40. The molecule has 0 radical (unpaired) electrons. The van der Waals surface area contributed by atoms with E-state index in [2.05, 4.69) is 20.8 Å². The van der Waals surface area contributed by atoms with Gasteiger partial charge >= 0.3 is 0 Å². The number of nitrogens with one attached hydrogen (secondary N) is 2. The second kappa shape index (κ2) is 12.8. The molecule has 1 atom stereocenters. The van der Waals surface area contributed by atoms with E-state index in [1.165, 1.54) is 11.8 Å². The predicted octanol–water partition coefficient (Wildman–Crippen LogP) is 2.90. The Morgan fingerprint density at radius 3 is 2.51 bits per heavy atom. The Morgan fingerprint density at radius 1 is 1.11 bits per heavy atom. The number of carbonyl (C=O) groups excluding carboxylic acids is 2. The first-order valence-corrected chi connectivity index (χ1v) is 12.1. The fourth-order valence-corrected chi connectivity index (χ4v) is 4.11. The van der Waals surface area contributed by atoms with E-state index >= 15 is 0 Å². The summed E-state index contributed by atoms with van der Waals surface area (Å²) in [6.07, 6.45) is 0. The molecule has 0 saturated heterocycles. The summed E-state index contributed by atoms with van der Waals surface area (Å²) >= 11 is 1.21. The molecule has 2 amide bonds. The van der Waals surface area contributed by atoms with Gasteiger partial charge in [0.25, 0.3) is 5.91 Å². The lowest BCUT2D eigenvalue weighted by molar-refractivity contribution is -0.113. The molecule has 0 unspecified atom stereocenters. The Kier molecular flexibility index (Phi) is 9.50. The van der Waals surface area contributed by atoms with E-state index in [9.17, 15) is 14.7 Å². The lowest BCUT2D eigenvalue weighted by Gasteiger charge is -2.17. The summed E-state index contributed by atoms with van der Waals surface area (Å²) in [7, 11) is 1.55. The predicted molar refractivity (Wildman–Crippen MR) is 133 cm³/mol. The molecule has 0 saturated carbocycles. The van der Waals surface area contributed by atoms with Crippen molar-refractivity contribution in [2.24, 2.45) is 0 Å². The topological polar surface area (TPSA) is 128 Å². The van der Waals surface area contributed by atoms with E-state index < -0.39 is 6.04 Å². The van der Waals surface area contributed by atoms with Crippen LogP contribution in [0.2, 0.25) is 0 Å². The standard InChI is InChI=1S/C24H29N5O5S/c1-4-29-22(19(14-30)26-23(32)16-10-12-17(33-3)13-11-16)27-28-24(29)35-15-21(31)25-18-8-6-7-9-20(18)34-5-2/h6-13,19,30H,4-5,14-15H2,1-3H3,(H,25,31)(H,26,32)/t19-/m0/s1. The number of aliphatic hydroxyl groups is 1. The highest BCUT2D eigenvalue weighted by Gasteiger charge is 2.23. The third-order valence-corrected chi connectivity index (χ3v) is 5.97. The van der Waals surface area contributed by atoms with Crippen LogP contribution in [0.25, 0.3) is 0 Å². The molecule has 10 nitrogen and oxygen atoms in total. The number of hydrogen-bond donors (Lipinski definition) is 3. The first kappa shape index (κ1) is 26.0. The Morgan fingerprint density at radius 2 is 1.86 bits per heavy atom. The minimum absolute atomic E-state index is 0.0978. The van der Waals surface area contributed by atoms with Crippen LogP contribution < -0.4 is 20.1 Å². The van der Waals surface area contributed by atoms with Crippen molar-refractivity contribution < 1.29 is 24.2 Å². The Hall–Kier alpha value is -3.57. The maximum absolute atomic E-state index is 12.7. The van der Waals surface area contributed by atoms with Crippen molar-refractivity contribution in [3.63, 3.8) is 0 Å². The van der Waals surface area contributed by atoms with Crippen molar-refractivity contribution in [1.29, 1.82) is 0 Å². The molecule has 1 aromatic heterocycles. The van der Waals surface area contributed by atoms with Crippen molar-refractivity contribution in [1.82, 2.24) is 20.1 Å². The lowest BCUT2D eigenvalue weighted by Crippen LogP contribution is -2.32. The van der Waals surface area contributed by atoms with Gasteiger partial charge in [0.05, 0.1) is 31.8 Å². The van der Waals surface area contributed by atoms with E-state index in [0.29, 0.717) is 46.9 Å². The Bertz CT molecular complexity index is 1140. The maximum Gasteiger partial charge on any atom is 0.251 e. The molecule has 35 heavy (non-hydrogen) atoms. The molecule has 11 heteroatoms. The van der Waals surface area contributed by atoms with Crippen LogP contribution in [-0.4, -0.2) is 57.8 Å². The van der Waals surface area contributed by atoms with Crippen molar-refractivity contribution in [2.75, 3.05) is 31.4 Å². The third-order valence-electron chi connectivity index (χ3n) is 5.01. The molecule has 0 aliphatic carbocycles. The largest absolute Gasteiger partial charge is 0.497 e. The average molecular weight is 500 g/mol. The quantitative estimate of drug-likeness (QED) is 0.325. The molecule has 2 aromatic carbocycles. The molecular formula is C24H29N5O5S. The van der Waals surface area contributed by atoms with Crippen LogP contribution in [-0.2, 0) is 11.3 Å². The number of hydrogen-bond acceptors (Lipinski definition) is 8. The normalized spacial score (nSPS) is 11.5. The minimum Gasteiger partial charge on any atom is -0.497 e. The summed E-state index contributed by atoms with van der Waals surface area (Å²) in [5, 5.41) is 24.4. The zero-order chi connectivity index (χ0) is 25.2. The van der Waals surface area contributed by atoms with Gasteiger partial charge < -0.3 is 29.8 Å². The van der Waals surface area contributed by atoms with E-state index in [1.807, 2.05) is 26.0 Å². The van der Waals surface area contributed by atoms with E-state index in [0.717, 1.165) is 0 Å². The van der Waals surface area contributed by atoms with Crippen LogP contribution in [0.1, 0.15) is 36.1 Å². The number of ether oxygens (including phenoxy) is 2. The van der Waals surface area contributed by atoms with Gasteiger partial charge in [0.15, 0.2) is 11.0 Å². The van der Waals surface area contributed by atoms with E-state index in [1.54, 1.807) is 48.1 Å². The van der Waals surface area contributed by atoms with Gasteiger partial charge in [-0.1, -0.05) is 23.9 Å².